The summed E-state index contributed by atoms with van der Waals surface area (Å²) in [6, 6.07) is 2.46. The smallest absolute Gasteiger partial charge is 0.330 e. The molecule has 2 aliphatic rings. The average molecular weight is 974 g/mol. The van der Waals surface area contributed by atoms with Crippen LogP contribution in [0.2, 0.25) is 0 Å². The third kappa shape index (κ3) is 17.8. The molecule has 1 amide bonds. The topological polar surface area (TPSA) is 257 Å². The van der Waals surface area contributed by atoms with Crippen molar-refractivity contribution in [3.05, 3.63) is 32.6 Å². The van der Waals surface area contributed by atoms with Gasteiger partial charge in [0.25, 0.3) is 14.1 Å². The molecule has 23 heteroatoms. The Labute approximate surface area is 358 Å². The molecule has 334 valence electrons. The van der Waals surface area contributed by atoms with E-state index < -0.39 is 74.1 Å². The van der Waals surface area contributed by atoms with E-state index >= 15 is 0 Å². The number of halogens is 1. The predicted octanol–water partition coefficient (Wildman–Crippen LogP) is 2.16. The number of aryl methyl sites for hydroxylation is 1. The lowest BCUT2D eigenvalue weighted by atomic mass is 10.0. The van der Waals surface area contributed by atoms with Gasteiger partial charge in [-0.3, -0.25) is 33.5 Å². The predicted molar refractivity (Wildman–Crippen MR) is 216 cm³/mol. The molecule has 0 saturated carbocycles. The number of carbonyl (C=O) groups excluding carboxylic acids is 4. The number of nitrogens with zero attached hydrogens (tertiary/aromatic N) is 4. The molecule has 21 nitrogen and oxygen atoms in total. The molecule has 0 aromatic carbocycles. The lowest BCUT2D eigenvalue weighted by Gasteiger charge is -2.44. The third-order valence-corrected chi connectivity index (χ3v) is 10.5. The second-order valence-corrected chi connectivity index (χ2v) is 16.2. The summed E-state index contributed by atoms with van der Waals surface area (Å²) in [5.74, 6) is -2.22. The fourth-order valence-electron chi connectivity index (χ4n) is 6.11. The quantitative estimate of drug-likeness (QED) is 0.0662. The zero-order valence-corrected chi connectivity index (χ0v) is 37.9. The van der Waals surface area contributed by atoms with E-state index in [-0.39, 0.29) is 70.5 Å². The van der Waals surface area contributed by atoms with Gasteiger partial charge in [0.2, 0.25) is 5.91 Å². The van der Waals surface area contributed by atoms with Crippen molar-refractivity contribution in [3.8, 4) is 6.07 Å². The largest absolute Gasteiger partial charge is 0.463 e. The zero-order valence-electron chi connectivity index (χ0n) is 34.9. The maximum absolute atomic E-state index is 13.1. The van der Waals surface area contributed by atoms with E-state index in [0.29, 0.717) is 18.6 Å². The zero-order chi connectivity index (χ0) is 44.4. The fraction of sp³-hybridized carbons (Fsp3) is 0.750. The number of nitrogens with one attached hydrogen (secondary N) is 1. The second-order valence-electron chi connectivity index (χ2n) is 14.4. The molecule has 2 N–H and O–H groups in total. The molecule has 3 heterocycles. The Kier molecular flexibility index (Phi) is 22.6. The highest BCUT2D eigenvalue weighted by molar-refractivity contribution is 14.1. The normalized spacial score (nSPS) is 23.5. The van der Waals surface area contributed by atoms with Crippen molar-refractivity contribution in [2.24, 2.45) is 0 Å². The van der Waals surface area contributed by atoms with Crippen molar-refractivity contribution in [2.75, 3.05) is 52.7 Å². The van der Waals surface area contributed by atoms with Gasteiger partial charge in [-0.1, -0.05) is 0 Å². The molecule has 0 spiro atoms. The number of amides is 1. The van der Waals surface area contributed by atoms with Gasteiger partial charge >= 0.3 is 23.6 Å². The summed E-state index contributed by atoms with van der Waals surface area (Å²) in [5, 5.41) is 8.32. The Hall–Kier alpha value is -3.11. The van der Waals surface area contributed by atoms with Crippen molar-refractivity contribution in [1.29, 1.82) is 5.26 Å². The molecule has 0 aliphatic carbocycles. The first-order valence-corrected chi connectivity index (χ1v) is 20.9. The molecule has 2 fully saturated rings. The van der Waals surface area contributed by atoms with Crippen molar-refractivity contribution >= 4 is 55.3 Å². The Balaban J connectivity index is 0.000000729. The van der Waals surface area contributed by atoms with Crippen LogP contribution >= 0.6 is 31.5 Å². The van der Waals surface area contributed by atoms with Crippen LogP contribution in [-0.2, 0) is 59.9 Å². The number of H-pyrrole nitrogens is 1. The van der Waals surface area contributed by atoms with E-state index in [1.165, 1.54) is 36.4 Å². The molecule has 7 atom stereocenters. The highest BCUT2D eigenvalue weighted by Gasteiger charge is 2.44. The molecular formula is C36H57IN5O16P. The van der Waals surface area contributed by atoms with Crippen LogP contribution in [0.15, 0.2) is 15.8 Å². The van der Waals surface area contributed by atoms with Gasteiger partial charge in [0, 0.05) is 51.0 Å². The third-order valence-electron chi connectivity index (χ3n) is 8.48. The number of morpholine rings is 1. The monoisotopic (exact) mass is 973 g/mol. The Bertz CT molecular complexity index is 1680. The van der Waals surface area contributed by atoms with Crippen molar-refractivity contribution in [2.45, 2.75) is 124 Å². The number of hydrogen-bond donors (Lipinski definition) is 2. The van der Waals surface area contributed by atoms with Gasteiger partial charge in [-0.05, 0) is 41.5 Å². The van der Waals surface area contributed by atoms with Gasteiger partial charge in [-0.2, -0.15) is 5.26 Å². The minimum absolute atomic E-state index is 0.0155. The molecule has 2 aliphatic heterocycles. The number of ether oxygens (including phenoxy) is 7. The number of hydrogen-bond acceptors (Lipinski definition) is 18. The van der Waals surface area contributed by atoms with Crippen LogP contribution in [0, 0.1) is 18.3 Å². The molecular weight excluding hydrogens is 916 g/mol. The maximum Gasteiger partial charge on any atom is 0.330 e. The Morgan fingerprint density at radius 2 is 1.75 bits per heavy atom. The first-order valence-electron chi connectivity index (χ1n) is 18.8. The van der Waals surface area contributed by atoms with Gasteiger partial charge in [0.1, 0.15) is 54.0 Å². The fourth-order valence-corrected chi connectivity index (χ4v) is 7.95. The molecule has 1 aromatic heterocycles. The summed E-state index contributed by atoms with van der Waals surface area (Å²) in [5.41, 5.74) is -1.85. The van der Waals surface area contributed by atoms with Crippen LogP contribution in [0.5, 0.6) is 0 Å². The van der Waals surface area contributed by atoms with Crippen LogP contribution in [0.25, 0.3) is 0 Å². The van der Waals surface area contributed by atoms with Crippen LogP contribution in [0.4, 0.5) is 0 Å². The van der Waals surface area contributed by atoms with Crippen LogP contribution in [0.1, 0.15) is 80.0 Å². The van der Waals surface area contributed by atoms with E-state index in [1.807, 2.05) is 38.4 Å². The number of rotatable bonds is 19. The summed E-state index contributed by atoms with van der Waals surface area (Å²) < 4.78 is 52.5. The number of aromatic nitrogens is 2. The van der Waals surface area contributed by atoms with E-state index in [0.717, 1.165) is 0 Å². The Morgan fingerprint density at radius 3 is 2.32 bits per heavy atom. The number of esters is 3. The van der Waals surface area contributed by atoms with Crippen LogP contribution in [-0.4, -0.2) is 143 Å². The lowest BCUT2D eigenvalue weighted by Crippen LogP contribution is -2.57. The second kappa shape index (κ2) is 25.6. The standard InChI is InChI=1S/C27H38IN3O14.C9H19N2O2P/c1-15-9-31(26(37)29-25(15)36)22-10-30(13-27(5,45-22)14-41-28)21(35)12-38-6-7-39-23-8-19(42-17(3)33)24(43-18(4)34)20(44-23)11-40-16(2)32;1-8(2)11(9(3)4)14(12)13-7-5-6-10/h9,19-20,22-24H,6-8,10-14H2,1-5H3,(H,29,36,37);8-9,12H,5,7H2,1-4H3/t19?,20?,22?,23?,24?,27-;/m0./s1. The summed E-state index contributed by atoms with van der Waals surface area (Å²) in [4.78, 5) is 85.7. The summed E-state index contributed by atoms with van der Waals surface area (Å²) >= 11 is 1.72. The van der Waals surface area contributed by atoms with Gasteiger partial charge in [-0.25, -0.2) is 9.46 Å². The maximum atomic E-state index is 13.1. The summed E-state index contributed by atoms with van der Waals surface area (Å²) in [7, 11) is -1.55. The molecule has 3 rings (SSSR count). The van der Waals surface area contributed by atoms with Gasteiger partial charge in [0.05, 0.1) is 52.0 Å². The van der Waals surface area contributed by atoms with Gasteiger partial charge in [-0.15, -0.1) is 0 Å². The number of nitriles is 1. The number of carbonyl (C=O) groups is 4. The van der Waals surface area contributed by atoms with Crippen molar-refractivity contribution < 1.29 is 64.8 Å². The van der Waals surface area contributed by atoms with Gasteiger partial charge in [0.15, 0.2) is 18.6 Å². The van der Waals surface area contributed by atoms with E-state index in [2.05, 4.69) is 4.98 Å². The molecule has 59 heavy (non-hydrogen) atoms. The minimum Gasteiger partial charge on any atom is -0.463 e. The van der Waals surface area contributed by atoms with Gasteiger partial charge < -0.3 is 50.5 Å². The van der Waals surface area contributed by atoms with E-state index in [4.69, 9.17) is 46.0 Å². The molecule has 1 aromatic rings. The van der Waals surface area contributed by atoms with Crippen LogP contribution < -0.4 is 11.2 Å². The van der Waals surface area contributed by atoms with E-state index in [1.54, 1.807) is 36.9 Å². The average Bonchev–Trinajstić information content (AvgIpc) is 3.12. The first-order chi connectivity index (χ1) is 27.7. The van der Waals surface area contributed by atoms with Crippen LogP contribution in [0.3, 0.4) is 0 Å². The summed E-state index contributed by atoms with van der Waals surface area (Å²) in [6.07, 6.45) is -3.05. The molecule has 2 saturated heterocycles. The highest BCUT2D eigenvalue weighted by Crippen LogP contribution is 2.40. The first kappa shape index (κ1) is 52.0. The molecule has 0 bridgehead atoms. The van der Waals surface area contributed by atoms with Crippen molar-refractivity contribution in [3.63, 3.8) is 0 Å². The molecule has 0 radical (unpaired) electrons. The van der Waals surface area contributed by atoms with Crippen molar-refractivity contribution in [1.82, 2.24) is 19.1 Å². The SMILES string of the molecule is CC(=O)OCC1OC(OCCOCC(=O)N2CC(n3cc(C)c(=O)[nH]c3=O)O[C@](C)(COI)C2)CC(OC(C)=O)C1OC(C)=O.CC(C)N(C(C)C)P(O)OCCC#N. The lowest BCUT2D eigenvalue weighted by molar-refractivity contribution is -0.267. The van der Waals surface area contributed by atoms with E-state index in [9.17, 15) is 33.7 Å². The highest BCUT2D eigenvalue weighted by atomic mass is 127. The minimum atomic E-state index is -1.55. The Morgan fingerprint density at radius 1 is 1.08 bits per heavy atom. The summed E-state index contributed by atoms with van der Waals surface area (Å²) in [6.45, 7) is 14.9. The molecule has 6 unspecified atom stereocenters. The number of aromatic amines is 1.